The fraction of sp³-hybridized carbons (Fsp3) is 0.150. The summed E-state index contributed by atoms with van der Waals surface area (Å²) >= 11 is 0. The molecule has 26 heavy (non-hydrogen) atoms. The molecule has 4 aromatic rings. The summed E-state index contributed by atoms with van der Waals surface area (Å²) < 4.78 is 3.15. The van der Waals surface area contributed by atoms with Gasteiger partial charge in [0.1, 0.15) is 17.0 Å². The molecule has 6 nitrogen and oxygen atoms in total. The van der Waals surface area contributed by atoms with E-state index < -0.39 is 0 Å². The van der Waals surface area contributed by atoms with Crippen molar-refractivity contribution in [2.24, 2.45) is 7.05 Å². The van der Waals surface area contributed by atoms with Crippen molar-refractivity contribution in [1.29, 1.82) is 0 Å². The zero-order valence-electron chi connectivity index (χ0n) is 14.5. The van der Waals surface area contributed by atoms with Crippen LogP contribution in [0.3, 0.4) is 0 Å². The molecule has 130 valence electrons. The summed E-state index contributed by atoms with van der Waals surface area (Å²) in [7, 11) is 1.75. The van der Waals surface area contributed by atoms with Crippen LogP contribution in [0.5, 0.6) is 0 Å². The van der Waals surface area contributed by atoms with Crippen molar-refractivity contribution >= 4 is 22.6 Å². The van der Waals surface area contributed by atoms with E-state index in [2.05, 4.69) is 10.3 Å². The number of rotatable bonds is 3. The van der Waals surface area contributed by atoms with Gasteiger partial charge in [0.25, 0.3) is 11.5 Å². The molecule has 6 heteroatoms. The van der Waals surface area contributed by atoms with E-state index in [1.54, 1.807) is 36.0 Å². The Hall–Kier alpha value is -3.41. The molecule has 4 rings (SSSR count). The zero-order chi connectivity index (χ0) is 18.3. The first kappa shape index (κ1) is 16.1. The smallest absolute Gasteiger partial charge is 0.268 e. The molecule has 1 N–H and O–H groups in total. The van der Waals surface area contributed by atoms with Gasteiger partial charge in [-0.05, 0) is 30.7 Å². The highest BCUT2D eigenvalue weighted by molar-refractivity contribution is 5.98. The fourth-order valence-electron chi connectivity index (χ4n) is 3.13. The van der Waals surface area contributed by atoms with E-state index in [9.17, 15) is 9.59 Å². The number of nitrogens with one attached hydrogen (secondary N) is 1. The minimum Gasteiger partial charge on any atom is -0.344 e. The fourth-order valence-corrected chi connectivity index (χ4v) is 3.13. The number of hydrogen-bond acceptors (Lipinski definition) is 3. The molecule has 0 aliphatic rings. The van der Waals surface area contributed by atoms with Gasteiger partial charge in [-0.2, -0.15) is 0 Å². The molecule has 3 heterocycles. The summed E-state index contributed by atoms with van der Waals surface area (Å²) in [5, 5.41) is 3.40. The van der Waals surface area contributed by atoms with Crippen molar-refractivity contribution in [3.05, 3.63) is 82.4 Å². The minimum absolute atomic E-state index is 0.144. The Bertz CT molecular complexity index is 1180. The second kappa shape index (κ2) is 6.15. The van der Waals surface area contributed by atoms with Crippen LogP contribution in [0.2, 0.25) is 0 Å². The van der Waals surface area contributed by atoms with Crippen LogP contribution in [-0.4, -0.2) is 19.9 Å². The Balaban J connectivity index is 1.76. The van der Waals surface area contributed by atoms with Gasteiger partial charge in [-0.25, -0.2) is 4.98 Å². The molecule has 0 radical (unpaired) electrons. The van der Waals surface area contributed by atoms with Crippen LogP contribution in [0.1, 0.15) is 29.0 Å². The van der Waals surface area contributed by atoms with Gasteiger partial charge in [0.05, 0.1) is 11.4 Å². The van der Waals surface area contributed by atoms with E-state index >= 15 is 0 Å². The van der Waals surface area contributed by atoms with Gasteiger partial charge in [0.2, 0.25) is 0 Å². The molecule has 1 atom stereocenters. The second-order valence-corrected chi connectivity index (χ2v) is 6.28. The van der Waals surface area contributed by atoms with Crippen LogP contribution in [-0.2, 0) is 7.05 Å². The molecule has 0 aliphatic heterocycles. The van der Waals surface area contributed by atoms with Crippen LogP contribution in [0.15, 0.2) is 65.6 Å². The maximum Gasteiger partial charge on any atom is 0.268 e. The zero-order valence-corrected chi connectivity index (χ0v) is 14.5. The number of pyridine rings is 1. The van der Waals surface area contributed by atoms with Gasteiger partial charge < -0.3 is 9.88 Å². The normalized spacial score (nSPS) is 12.4. The standard InChI is InChI=1S/C20H18N4O2/c1-13(14-8-4-3-5-9-14)21-19(25)16-12-15-18(23(16)2)22-17-10-6-7-11-24(17)20(15)26/h3-13H,1-2H3,(H,21,25)/t13-/m1/s1. The van der Waals surface area contributed by atoms with Gasteiger partial charge in [-0.15, -0.1) is 0 Å². The third-order valence-corrected chi connectivity index (χ3v) is 4.59. The highest BCUT2D eigenvalue weighted by atomic mass is 16.2. The van der Waals surface area contributed by atoms with Gasteiger partial charge in [0.15, 0.2) is 0 Å². The first-order chi connectivity index (χ1) is 12.6. The Labute approximate surface area is 149 Å². The number of amides is 1. The molecule has 0 aliphatic carbocycles. The summed E-state index contributed by atoms with van der Waals surface area (Å²) in [6.07, 6.45) is 1.67. The Morgan fingerprint density at radius 1 is 1.12 bits per heavy atom. The quantitative estimate of drug-likeness (QED) is 0.620. The second-order valence-electron chi connectivity index (χ2n) is 6.28. The molecule has 0 fully saturated rings. The third kappa shape index (κ3) is 2.56. The monoisotopic (exact) mass is 346 g/mol. The predicted octanol–water partition coefficient (Wildman–Crippen LogP) is 2.68. The number of carbonyl (C=O) groups excluding carboxylic acids is 1. The first-order valence-electron chi connectivity index (χ1n) is 8.39. The lowest BCUT2D eigenvalue weighted by molar-refractivity contribution is 0.0932. The average molecular weight is 346 g/mol. The third-order valence-electron chi connectivity index (χ3n) is 4.59. The van der Waals surface area contributed by atoms with Gasteiger partial charge in [-0.3, -0.25) is 14.0 Å². The van der Waals surface area contributed by atoms with Crippen molar-refractivity contribution in [1.82, 2.24) is 19.3 Å². The lowest BCUT2D eigenvalue weighted by atomic mass is 10.1. The van der Waals surface area contributed by atoms with Gasteiger partial charge in [0, 0.05) is 13.2 Å². The SMILES string of the molecule is C[C@@H](NC(=O)c1cc2c(=O)n3ccccc3nc2n1C)c1ccccc1. The number of aryl methyl sites for hydroxylation is 1. The van der Waals surface area contributed by atoms with Crippen molar-refractivity contribution in [3.63, 3.8) is 0 Å². The molecule has 1 amide bonds. The van der Waals surface area contributed by atoms with Crippen molar-refractivity contribution < 1.29 is 4.79 Å². The van der Waals surface area contributed by atoms with E-state index in [-0.39, 0.29) is 17.5 Å². The van der Waals surface area contributed by atoms with Crippen LogP contribution in [0.25, 0.3) is 16.7 Å². The maximum atomic E-state index is 12.8. The van der Waals surface area contributed by atoms with Crippen molar-refractivity contribution in [2.75, 3.05) is 0 Å². The molecule has 0 saturated heterocycles. The minimum atomic E-state index is -0.240. The lowest BCUT2D eigenvalue weighted by Crippen LogP contribution is -2.28. The summed E-state index contributed by atoms with van der Waals surface area (Å²) in [5.41, 5.74) is 2.29. The first-order valence-corrected chi connectivity index (χ1v) is 8.39. The molecule has 0 saturated carbocycles. The molecular weight excluding hydrogens is 328 g/mol. The number of hydrogen-bond donors (Lipinski definition) is 1. The number of benzene rings is 1. The highest BCUT2D eigenvalue weighted by Gasteiger charge is 2.19. The van der Waals surface area contributed by atoms with E-state index in [0.717, 1.165) is 5.56 Å². The molecule has 1 aromatic carbocycles. The van der Waals surface area contributed by atoms with E-state index in [4.69, 9.17) is 0 Å². The summed E-state index contributed by atoms with van der Waals surface area (Å²) in [6, 6.07) is 16.6. The summed E-state index contributed by atoms with van der Waals surface area (Å²) in [6.45, 7) is 1.93. The predicted molar refractivity (Wildman–Crippen MR) is 100 cm³/mol. The number of aromatic nitrogens is 3. The van der Waals surface area contributed by atoms with Crippen LogP contribution in [0.4, 0.5) is 0 Å². The van der Waals surface area contributed by atoms with Crippen LogP contribution < -0.4 is 10.9 Å². The molecule has 0 bridgehead atoms. The Kier molecular flexibility index (Phi) is 3.80. The Morgan fingerprint density at radius 3 is 2.62 bits per heavy atom. The van der Waals surface area contributed by atoms with E-state index in [0.29, 0.717) is 22.4 Å². The number of fused-ring (bicyclic) bond motifs is 2. The van der Waals surface area contributed by atoms with E-state index in [1.165, 1.54) is 4.40 Å². The molecular formula is C20H18N4O2. The number of carbonyl (C=O) groups is 1. The average Bonchev–Trinajstić information content (AvgIpc) is 3.00. The lowest BCUT2D eigenvalue weighted by Gasteiger charge is -2.14. The van der Waals surface area contributed by atoms with Crippen LogP contribution >= 0.6 is 0 Å². The van der Waals surface area contributed by atoms with E-state index in [1.807, 2.05) is 43.3 Å². The van der Waals surface area contributed by atoms with Crippen molar-refractivity contribution in [3.8, 4) is 0 Å². The summed E-state index contributed by atoms with van der Waals surface area (Å²) in [4.78, 5) is 30.0. The van der Waals surface area contributed by atoms with Gasteiger partial charge >= 0.3 is 0 Å². The van der Waals surface area contributed by atoms with Crippen molar-refractivity contribution in [2.45, 2.75) is 13.0 Å². The summed E-state index contributed by atoms with van der Waals surface area (Å²) in [5.74, 6) is -0.240. The molecule has 0 spiro atoms. The topological polar surface area (TPSA) is 68.4 Å². The highest BCUT2D eigenvalue weighted by Crippen LogP contribution is 2.17. The largest absolute Gasteiger partial charge is 0.344 e. The molecule has 0 unspecified atom stereocenters. The van der Waals surface area contributed by atoms with Crippen LogP contribution in [0, 0.1) is 0 Å². The molecule has 3 aromatic heterocycles. The number of nitrogens with zero attached hydrogens (tertiary/aromatic N) is 3. The Morgan fingerprint density at radius 2 is 1.85 bits per heavy atom. The maximum absolute atomic E-state index is 12.8. The van der Waals surface area contributed by atoms with Gasteiger partial charge in [-0.1, -0.05) is 36.4 Å².